The van der Waals surface area contributed by atoms with E-state index >= 15 is 0 Å². The zero-order valence-electron chi connectivity index (χ0n) is 6.06. The Morgan fingerprint density at radius 3 is 2.25 bits per heavy atom. The van der Waals surface area contributed by atoms with Crippen LogP contribution in [0.5, 0.6) is 0 Å². The van der Waals surface area contributed by atoms with Crippen molar-refractivity contribution in [2.45, 2.75) is 12.2 Å². The maximum absolute atomic E-state index is 12.0. The number of hydrogen-bond donors (Lipinski definition) is 1. The second kappa shape index (κ2) is 2.88. The van der Waals surface area contributed by atoms with Gasteiger partial charge in [0.2, 0.25) is 0 Å². The van der Waals surface area contributed by atoms with Crippen LogP contribution in [-0.4, -0.2) is 38.7 Å². The predicted octanol–water partition coefficient (Wildman–Crippen LogP) is -0.0647. The lowest BCUT2D eigenvalue weighted by atomic mass is 10.3. The second-order valence-corrected chi connectivity index (χ2v) is 4.89. The number of nitrogens with one attached hydrogen (secondary N) is 1. The van der Waals surface area contributed by atoms with Gasteiger partial charge in [0.05, 0.1) is 11.5 Å². The minimum atomic E-state index is -4.46. The molecule has 1 unspecified atom stereocenters. The summed E-state index contributed by atoms with van der Waals surface area (Å²) in [7, 11) is -3.50. The van der Waals surface area contributed by atoms with E-state index in [0.29, 0.717) is 0 Å². The van der Waals surface area contributed by atoms with Crippen molar-refractivity contribution in [3.05, 3.63) is 0 Å². The summed E-state index contributed by atoms with van der Waals surface area (Å²) in [6.07, 6.45) is -4.46. The quantitative estimate of drug-likeness (QED) is 0.599. The van der Waals surface area contributed by atoms with Crippen LogP contribution in [0.4, 0.5) is 13.2 Å². The van der Waals surface area contributed by atoms with E-state index in [1.807, 2.05) is 0 Å². The highest BCUT2D eigenvalue weighted by molar-refractivity contribution is 7.91. The molecule has 1 rings (SSSR count). The lowest BCUT2D eigenvalue weighted by Gasteiger charge is -2.25. The van der Waals surface area contributed by atoms with Gasteiger partial charge in [-0.25, -0.2) is 8.42 Å². The number of sulfone groups is 1. The van der Waals surface area contributed by atoms with E-state index in [-0.39, 0.29) is 12.3 Å². The highest BCUT2D eigenvalue weighted by Gasteiger charge is 2.43. The number of hydrogen-bond acceptors (Lipinski definition) is 3. The fraction of sp³-hybridized carbons (Fsp3) is 1.00. The molecule has 0 aromatic carbocycles. The summed E-state index contributed by atoms with van der Waals surface area (Å²) < 4.78 is 57.4. The molecule has 0 radical (unpaired) electrons. The number of rotatable bonds is 0. The van der Waals surface area contributed by atoms with Crippen molar-refractivity contribution >= 4 is 9.84 Å². The van der Waals surface area contributed by atoms with E-state index in [9.17, 15) is 21.6 Å². The van der Waals surface area contributed by atoms with Gasteiger partial charge in [0.25, 0.3) is 0 Å². The molecule has 0 aliphatic carbocycles. The van der Waals surface area contributed by atoms with Gasteiger partial charge >= 0.3 is 6.18 Å². The van der Waals surface area contributed by atoms with E-state index in [0.717, 1.165) is 0 Å². The fourth-order valence-electron chi connectivity index (χ4n) is 0.995. The lowest BCUT2D eigenvalue weighted by molar-refractivity contribution is -0.150. The third-order valence-corrected chi connectivity index (χ3v) is 3.29. The first-order chi connectivity index (χ1) is 5.31. The van der Waals surface area contributed by atoms with Crippen molar-refractivity contribution in [2.24, 2.45) is 0 Å². The second-order valence-electron chi connectivity index (χ2n) is 2.66. The van der Waals surface area contributed by atoms with Crippen molar-refractivity contribution in [1.82, 2.24) is 5.32 Å². The van der Waals surface area contributed by atoms with Gasteiger partial charge in [0.1, 0.15) is 6.04 Å². The minimum absolute atomic E-state index is 0.119. The van der Waals surface area contributed by atoms with Gasteiger partial charge in [0.15, 0.2) is 9.84 Å². The van der Waals surface area contributed by atoms with Crippen LogP contribution in [0.15, 0.2) is 0 Å². The van der Waals surface area contributed by atoms with Gasteiger partial charge in [-0.15, -0.1) is 0 Å². The van der Waals surface area contributed by atoms with Crippen LogP contribution in [0.1, 0.15) is 0 Å². The molecule has 72 valence electrons. The molecule has 0 spiro atoms. The maximum atomic E-state index is 12.0. The van der Waals surface area contributed by atoms with Crippen LogP contribution in [0.2, 0.25) is 0 Å². The molecule has 1 fully saturated rings. The Bertz CT molecular complexity index is 258. The smallest absolute Gasteiger partial charge is 0.304 e. The predicted molar refractivity (Wildman–Crippen MR) is 36.5 cm³/mol. The molecular weight excluding hydrogens is 195 g/mol. The van der Waals surface area contributed by atoms with Crippen molar-refractivity contribution in [3.63, 3.8) is 0 Å². The van der Waals surface area contributed by atoms with E-state index in [1.54, 1.807) is 0 Å². The van der Waals surface area contributed by atoms with E-state index < -0.39 is 27.8 Å². The zero-order valence-corrected chi connectivity index (χ0v) is 6.87. The van der Waals surface area contributed by atoms with Gasteiger partial charge in [-0.05, 0) is 0 Å². The third kappa shape index (κ3) is 2.34. The van der Waals surface area contributed by atoms with Crippen LogP contribution >= 0.6 is 0 Å². The van der Waals surface area contributed by atoms with Crippen molar-refractivity contribution in [2.75, 3.05) is 18.1 Å². The molecule has 0 bridgehead atoms. The first kappa shape index (κ1) is 9.79. The molecule has 1 aliphatic heterocycles. The molecule has 0 aromatic rings. The summed E-state index contributed by atoms with van der Waals surface area (Å²) in [5, 5.41) is 2.11. The van der Waals surface area contributed by atoms with Gasteiger partial charge < -0.3 is 5.32 Å². The van der Waals surface area contributed by atoms with Crippen LogP contribution in [0.3, 0.4) is 0 Å². The summed E-state index contributed by atoms with van der Waals surface area (Å²) in [6, 6.07) is -1.89. The first-order valence-corrected chi connectivity index (χ1v) is 5.14. The highest BCUT2D eigenvalue weighted by atomic mass is 32.2. The van der Waals surface area contributed by atoms with Gasteiger partial charge in [-0.3, -0.25) is 0 Å². The van der Waals surface area contributed by atoms with Crippen LogP contribution in [-0.2, 0) is 9.84 Å². The Hall–Kier alpha value is -0.300. The van der Waals surface area contributed by atoms with Crippen LogP contribution in [0, 0.1) is 0 Å². The largest absolute Gasteiger partial charge is 0.404 e. The highest BCUT2D eigenvalue weighted by Crippen LogP contribution is 2.22. The zero-order chi connectivity index (χ0) is 9.41. The van der Waals surface area contributed by atoms with E-state index in [4.69, 9.17) is 0 Å². The molecule has 1 N–H and O–H groups in total. The van der Waals surface area contributed by atoms with Crippen molar-refractivity contribution in [3.8, 4) is 0 Å². The summed E-state index contributed by atoms with van der Waals surface area (Å²) in [5.74, 6) is -1.05. The molecule has 1 aliphatic rings. The average molecular weight is 203 g/mol. The number of halogens is 3. The van der Waals surface area contributed by atoms with Crippen LogP contribution < -0.4 is 5.32 Å². The maximum Gasteiger partial charge on any atom is 0.404 e. The molecule has 7 heteroatoms. The van der Waals surface area contributed by atoms with E-state index in [1.165, 1.54) is 0 Å². The first-order valence-electron chi connectivity index (χ1n) is 3.32. The average Bonchev–Trinajstić information content (AvgIpc) is 1.83. The van der Waals surface area contributed by atoms with Gasteiger partial charge in [0, 0.05) is 6.54 Å². The van der Waals surface area contributed by atoms with Gasteiger partial charge in [-0.1, -0.05) is 0 Å². The molecule has 0 aromatic heterocycles. The Kier molecular flexibility index (Phi) is 2.35. The van der Waals surface area contributed by atoms with Crippen molar-refractivity contribution < 1.29 is 21.6 Å². The Morgan fingerprint density at radius 2 is 1.92 bits per heavy atom. The molecule has 1 heterocycles. The molecular formula is C5H8F3NO2S. The SMILES string of the molecule is O=S1(=O)CCNC(C(F)(F)F)C1. The summed E-state index contributed by atoms with van der Waals surface area (Å²) >= 11 is 0. The summed E-state index contributed by atoms with van der Waals surface area (Å²) in [4.78, 5) is 0. The minimum Gasteiger partial charge on any atom is -0.304 e. The normalized spacial score (nSPS) is 30.1. The van der Waals surface area contributed by atoms with Gasteiger partial charge in [-0.2, -0.15) is 13.2 Å². The lowest BCUT2D eigenvalue weighted by Crippen LogP contribution is -2.52. The summed E-state index contributed by atoms with van der Waals surface area (Å²) in [6.45, 7) is -0.119. The van der Waals surface area contributed by atoms with E-state index in [2.05, 4.69) is 5.32 Å². The fourth-order valence-corrected chi connectivity index (χ4v) is 2.41. The molecule has 0 amide bonds. The molecule has 3 nitrogen and oxygen atoms in total. The Balaban J connectivity index is 2.71. The topological polar surface area (TPSA) is 46.2 Å². The third-order valence-electron chi connectivity index (χ3n) is 1.62. The molecule has 12 heavy (non-hydrogen) atoms. The molecule has 1 atom stereocenters. The van der Waals surface area contributed by atoms with Crippen molar-refractivity contribution in [1.29, 1.82) is 0 Å². The Morgan fingerprint density at radius 1 is 1.33 bits per heavy atom. The number of alkyl halides is 3. The molecule has 0 saturated carbocycles. The monoisotopic (exact) mass is 203 g/mol. The van der Waals surface area contributed by atoms with Crippen LogP contribution in [0.25, 0.3) is 0 Å². The standard InChI is InChI=1S/C5H8F3NO2S/c6-5(7,8)4-3-12(10,11)2-1-9-4/h4,9H,1-3H2. The summed E-state index contributed by atoms with van der Waals surface area (Å²) in [5.41, 5.74) is 0. The molecule has 1 saturated heterocycles. The Labute approximate surface area is 67.9 Å².